The zero-order valence-electron chi connectivity index (χ0n) is 31.9. The van der Waals surface area contributed by atoms with Crippen LogP contribution >= 0.6 is 0 Å². The second kappa shape index (κ2) is 25.6. The second-order valence-corrected chi connectivity index (χ2v) is 9.42. The highest BCUT2D eigenvalue weighted by atomic mass is 16.5. The zero-order chi connectivity index (χ0) is 39.6. The van der Waals surface area contributed by atoms with E-state index in [1.165, 1.54) is 41.6 Å². The Bertz CT molecular complexity index is 1830. The number of tetrazole rings is 2. The van der Waals surface area contributed by atoms with E-state index in [0.717, 1.165) is 6.29 Å². The molecule has 0 aliphatic carbocycles. The molecule has 53 heavy (non-hydrogen) atoms. The molecule has 16 nitrogen and oxygen atoms in total. The number of nitrogens with zero attached hydrogens (tertiary/aromatic N) is 11. The first kappa shape index (κ1) is 44.7. The molecule has 5 aromatic rings. The zero-order valence-corrected chi connectivity index (χ0v) is 31.9. The highest BCUT2D eigenvalue weighted by Gasteiger charge is 2.29. The number of esters is 1. The number of rotatable bonds is 7. The number of nitriles is 1. The van der Waals surface area contributed by atoms with E-state index in [4.69, 9.17) is 9.47 Å². The Balaban J connectivity index is 0.000000555. The van der Waals surface area contributed by atoms with E-state index < -0.39 is 12.1 Å². The van der Waals surface area contributed by atoms with Crippen LogP contribution in [-0.2, 0) is 4.74 Å². The molecule has 4 heterocycles. The number of methoxy groups -OCH3 is 1. The van der Waals surface area contributed by atoms with E-state index >= 15 is 0 Å². The lowest BCUT2D eigenvalue weighted by Crippen LogP contribution is -2.44. The molecule has 3 aromatic heterocycles. The molecular formula is C37H49N11O5. The predicted octanol–water partition coefficient (Wildman–Crippen LogP) is 5.98. The van der Waals surface area contributed by atoms with E-state index in [0.29, 0.717) is 41.9 Å². The van der Waals surface area contributed by atoms with Crippen molar-refractivity contribution in [3.05, 3.63) is 95.7 Å². The molecule has 1 amide bonds. The highest BCUT2D eigenvalue weighted by Crippen LogP contribution is 2.25. The third-order valence-electron chi connectivity index (χ3n) is 6.70. The smallest absolute Gasteiger partial charge is 0.344 e. The van der Waals surface area contributed by atoms with Crippen molar-refractivity contribution in [2.45, 2.75) is 74.3 Å². The van der Waals surface area contributed by atoms with E-state index in [-0.39, 0.29) is 29.5 Å². The van der Waals surface area contributed by atoms with Crippen molar-refractivity contribution in [3.8, 4) is 23.3 Å². The number of piperidine rings is 1. The average molecular weight is 728 g/mol. The maximum absolute atomic E-state index is 13.3. The molecule has 1 fully saturated rings. The number of amides is 1. The number of aldehydes is 1. The lowest BCUT2D eigenvalue weighted by molar-refractivity contribution is 0.0497. The van der Waals surface area contributed by atoms with Crippen LogP contribution in [0.3, 0.4) is 0 Å². The number of aromatic nitrogens is 9. The van der Waals surface area contributed by atoms with Crippen molar-refractivity contribution in [1.82, 2.24) is 50.3 Å². The monoisotopic (exact) mass is 727 g/mol. The van der Waals surface area contributed by atoms with E-state index in [1.54, 1.807) is 47.4 Å². The van der Waals surface area contributed by atoms with Crippen LogP contribution < -0.4 is 4.74 Å². The second-order valence-electron chi connectivity index (χ2n) is 9.42. The third kappa shape index (κ3) is 12.4. The highest BCUT2D eigenvalue weighted by molar-refractivity contribution is 5.98. The summed E-state index contributed by atoms with van der Waals surface area (Å²) in [5.41, 5.74) is 2.22. The molecule has 0 N–H and O–H groups in total. The molecule has 0 saturated carbocycles. The number of carbonyl (C=O) groups excluding carboxylic acids is 3. The summed E-state index contributed by atoms with van der Waals surface area (Å²) in [6, 6.07) is 17.4. The average Bonchev–Trinajstić information content (AvgIpc) is 4.00. The van der Waals surface area contributed by atoms with Gasteiger partial charge in [-0.1, -0.05) is 79.7 Å². The minimum Gasteiger partial charge on any atom is -0.472 e. The van der Waals surface area contributed by atoms with Crippen LogP contribution in [0.15, 0.2) is 73.4 Å². The summed E-state index contributed by atoms with van der Waals surface area (Å²) < 4.78 is 10.8. The van der Waals surface area contributed by atoms with Gasteiger partial charge in [0.1, 0.15) is 23.4 Å². The molecular weight excluding hydrogens is 678 g/mol. The van der Waals surface area contributed by atoms with E-state index in [9.17, 15) is 19.6 Å². The fraction of sp³-hybridized carbons (Fsp3) is 0.378. The summed E-state index contributed by atoms with van der Waals surface area (Å²) in [6.45, 7) is 16.8. The molecule has 1 aliphatic rings. The first-order valence-electron chi connectivity index (χ1n) is 17.6. The maximum Gasteiger partial charge on any atom is 0.344 e. The first-order valence-corrected chi connectivity index (χ1v) is 17.6. The number of carbonyl (C=O) groups is 3. The van der Waals surface area contributed by atoms with Crippen LogP contribution in [0.2, 0.25) is 0 Å². The van der Waals surface area contributed by atoms with Gasteiger partial charge in [0.25, 0.3) is 5.91 Å². The molecule has 16 heteroatoms. The maximum atomic E-state index is 13.3. The number of pyridine rings is 1. The van der Waals surface area contributed by atoms with Crippen LogP contribution in [0.4, 0.5) is 0 Å². The number of hydrogen-bond acceptors (Lipinski definition) is 13. The van der Waals surface area contributed by atoms with Gasteiger partial charge in [-0.15, -0.1) is 30.0 Å². The summed E-state index contributed by atoms with van der Waals surface area (Å²) in [5.74, 6) is -0.886. The standard InChI is InChI=1S/C21H19N7O4.C8H6N4O.4C2H6/c1-31-21(30)18-14(11-22)8-9-23-19(18)32-15-5-4-10-27(12-15)20(29)16-6-2-3-7-17(16)28-25-13-24-26-28;13-5-7-3-1-2-4-8(7)12-10-6-9-11-12;4*1-2/h2-3,6-9,13,15H,4-5,10,12H2,1H3;1-6H;4*1-2H3/t15-;;;;;/m1...../s1. The van der Waals surface area contributed by atoms with Crippen LogP contribution in [0.5, 0.6) is 5.88 Å². The van der Waals surface area contributed by atoms with Gasteiger partial charge < -0.3 is 14.4 Å². The summed E-state index contributed by atoms with van der Waals surface area (Å²) in [4.78, 5) is 44.5. The van der Waals surface area contributed by atoms with Crippen molar-refractivity contribution >= 4 is 18.2 Å². The largest absolute Gasteiger partial charge is 0.472 e. The lowest BCUT2D eigenvalue weighted by atomic mass is 10.1. The van der Waals surface area contributed by atoms with Crippen molar-refractivity contribution in [2.24, 2.45) is 0 Å². The molecule has 1 atom stereocenters. The summed E-state index contributed by atoms with van der Waals surface area (Å²) in [5, 5.41) is 32.0. The summed E-state index contributed by atoms with van der Waals surface area (Å²) in [6.07, 6.45) is 5.73. The Hall–Kier alpha value is -6.37. The molecule has 0 unspecified atom stereocenters. The minimum absolute atomic E-state index is 0.0161. The number of ether oxygens (including phenoxy) is 2. The molecule has 0 spiro atoms. The molecule has 1 saturated heterocycles. The van der Waals surface area contributed by atoms with Gasteiger partial charge in [-0.05, 0) is 53.6 Å². The third-order valence-corrected chi connectivity index (χ3v) is 6.70. The molecule has 0 radical (unpaired) electrons. The van der Waals surface area contributed by atoms with Gasteiger partial charge in [0.15, 0.2) is 18.9 Å². The van der Waals surface area contributed by atoms with Crippen molar-refractivity contribution in [2.75, 3.05) is 20.2 Å². The summed E-state index contributed by atoms with van der Waals surface area (Å²) in [7, 11) is 1.22. The Morgan fingerprint density at radius 2 is 1.43 bits per heavy atom. The van der Waals surface area contributed by atoms with Gasteiger partial charge in [-0.2, -0.15) is 5.26 Å². The van der Waals surface area contributed by atoms with Crippen molar-refractivity contribution in [1.29, 1.82) is 5.26 Å². The van der Waals surface area contributed by atoms with Gasteiger partial charge >= 0.3 is 5.97 Å². The topological polar surface area (TPSA) is 197 Å². The normalized spacial score (nSPS) is 12.3. The number of para-hydroxylation sites is 2. The Labute approximate surface area is 310 Å². The summed E-state index contributed by atoms with van der Waals surface area (Å²) >= 11 is 0. The number of benzene rings is 2. The van der Waals surface area contributed by atoms with Crippen LogP contribution in [-0.4, -0.2) is 94.8 Å². The van der Waals surface area contributed by atoms with E-state index in [1.807, 2.05) is 67.5 Å². The predicted molar refractivity (Wildman–Crippen MR) is 199 cm³/mol. The first-order chi connectivity index (χ1) is 26.0. The fourth-order valence-electron chi connectivity index (χ4n) is 4.62. The Morgan fingerprint density at radius 1 is 0.849 bits per heavy atom. The SMILES string of the molecule is CC.CC.CC.CC.COC(=O)c1c(C#N)ccnc1O[C@@H]1CCCN(C(=O)c2ccccc2-n2ncnn2)C1.O=Cc1ccccc1-n1ncnn1. The van der Waals surface area contributed by atoms with Crippen molar-refractivity contribution < 1.29 is 23.9 Å². The van der Waals surface area contributed by atoms with Gasteiger partial charge in [0, 0.05) is 18.3 Å². The number of hydrogen-bond donors (Lipinski definition) is 0. The fourth-order valence-corrected chi connectivity index (χ4v) is 4.62. The Morgan fingerprint density at radius 3 is 2.00 bits per heavy atom. The van der Waals surface area contributed by atoms with Crippen LogP contribution in [0, 0.1) is 11.3 Å². The minimum atomic E-state index is -0.706. The van der Waals surface area contributed by atoms with Crippen LogP contribution in [0.1, 0.15) is 105 Å². The van der Waals surface area contributed by atoms with Gasteiger partial charge in [-0.3, -0.25) is 9.59 Å². The molecule has 1 aliphatic heterocycles. The quantitative estimate of drug-likeness (QED) is 0.140. The van der Waals surface area contributed by atoms with Crippen LogP contribution in [0.25, 0.3) is 11.4 Å². The Kier molecular flexibility index (Phi) is 21.5. The molecule has 2 aromatic carbocycles. The molecule has 282 valence electrons. The van der Waals surface area contributed by atoms with Gasteiger partial charge in [0.05, 0.1) is 30.5 Å². The van der Waals surface area contributed by atoms with Crippen molar-refractivity contribution in [3.63, 3.8) is 0 Å². The van der Waals surface area contributed by atoms with Gasteiger partial charge in [-0.25, -0.2) is 9.78 Å². The van der Waals surface area contributed by atoms with E-state index in [2.05, 4.69) is 35.8 Å². The molecule has 6 rings (SSSR count). The lowest BCUT2D eigenvalue weighted by Gasteiger charge is -2.33. The number of likely N-dealkylation sites (tertiary alicyclic amines) is 1. The molecule has 0 bridgehead atoms. The van der Waals surface area contributed by atoms with Gasteiger partial charge in [0.2, 0.25) is 5.88 Å².